The van der Waals surface area contributed by atoms with Crippen molar-refractivity contribution in [2.45, 2.75) is 20.8 Å². The molecule has 118 valence electrons. The van der Waals surface area contributed by atoms with Crippen molar-refractivity contribution in [3.63, 3.8) is 0 Å². The summed E-state index contributed by atoms with van der Waals surface area (Å²) < 4.78 is 4.90. The number of amidine groups is 2. The molecule has 2 aliphatic heterocycles. The fourth-order valence-corrected chi connectivity index (χ4v) is 4.28. The van der Waals surface area contributed by atoms with Crippen molar-refractivity contribution in [1.82, 2.24) is 9.88 Å². The minimum absolute atomic E-state index is 0.313. The average molecular weight is 328 g/mol. The van der Waals surface area contributed by atoms with Crippen LogP contribution >= 0.6 is 11.3 Å². The first-order valence-corrected chi connectivity index (χ1v) is 8.24. The van der Waals surface area contributed by atoms with E-state index < -0.39 is 5.97 Å². The molecule has 0 unspecified atom stereocenters. The molecule has 4 rings (SSSR count). The quantitative estimate of drug-likeness (QED) is 0.754. The summed E-state index contributed by atoms with van der Waals surface area (Å²) in [4.78, 5) is 29.8. The number of hydrogen-bond donors (Lipinski definition) is 0. The van der Waals surface area contributed by atoms with Crippen LogP contribution in [0.3, 0.4) is 0 Å². The topological polar surface area (TPSA) is 67.1 Å². The van der Waals surface area contributed by atoms with Gasteiger partial charge in [-0.3, -0.25) is 4.99 Å². The number of rotatable bonds is 1. The lowest BCUT2D eigenvalue weighted by Gasteiger charge is -2.23. The predicted octanol–water partition coefficient (Wildman–Crippen LogP) is 2.50. The predicted molar refractivity (Wildman–Crippen MR) is 91.1 cm³/mol. The summed E-state index contributed by atoms with van der Waals surface area (Å²) in [5.74, 6) is 0.695. The summed E-state index contributed by atoms with van der Waals surface area (Å²) in [5, 5.41) is 1.02. The number of fused-ring (bicyclic) bond motifs is 5. The standard InChI is InChI=1S/C16H16N4O2S/c1-7-8(2)10-11-12(23-15(10)18-9(7)3)13-17-5-6-20(13)14(19-11)16(21)22-4/h5-6H2,1-4H3. The Morgan fingerprint density at radius 2 is 2.04 bits per heavy atom. The van der Waals surface area contributed by atoms with Crippen molar-refractivity contribution in [3.05, 3.63) is 21.7 Å². The third-order valence-corrected chi connectivity index (χ3v) is 5.57. The first-order valence-electron chi connectivity index (χ1n) is 7.42. The molecule has 0 aromatic carbocycles. The molecule has 0 saturated carbocycles. The molecule has 4 heterocycles. The third-order valence-electron chi connectivity index (χ3n) is 4.50. The van der Waals surface area contributed by atoms with Crippen LogP contribution in [0.1, 0.15) is 21.7 Å². The van der Waals surface area contributed by atoms with Crippen LogP contribution in [0, 0.1) is 20.8 Å². The molecule has 0 aliphatic carbocycles. The maximum Gasteiger partial charge on any atom is 0.374 e. The largest absolute Gasteiger partial charge is 0.463 e. The second kappa shape index (κ2) is 4.86. The van der Waals surface area contributed by atoms with E-state index in [0.29, 0.717) is 18.9 Å². The minimum atomic E-state index is -0.431. The Labute approximate surface area is 137 Å². The zero-order valence-corrected chi connectivity index (χ0v) is 14.2. The Hall–Kier alpha value is -2.28. The summed E-state index contributed by atoms with van der Waals surface area (Å²) in [5.41, 5.74) is 4.14. The lowest BCUT2D eigenvalue weighted by atomic mass is 10.0. The van der Waals surface area contributed by atoms with Crippen molar-refractivity contribution in [1.29, 1.82) is 0 Å². The van der Waals surface area contributed by atoms with E-state index in [1.807, 2.05) is 11.8 Å². The Kier molecular flexibility index (Phi) is 3.02. The number of pyridine rings is 1. The number of aryl methyl sites for hydroxylation is 2. The molecular weight excluding hydrogens is 312 g/mol. The highest BCUT2D eigenvalue weighted by Crippen LogP contribution is 2.43. The minimum Gasteiger partial charge on any atom is -0.463 e. The van der Waals surface area contributed by atoms with Gasteiger partial charge >= 0.3 is 5.97 Å². The number of esters is 1. The molecule has 7 heteroatoms. The number of carbonyl (C=O) groups excluding carboxylic acids is 1. The normalized spacial score (nSPS) is 16.1. The van der Waals surface area contributed by atoms with Crippen molar-refractivity contribution < 1.29 is 9.53 Å². The monoisotopic (exact) mass is 328 g/mol. The van der Waals surface area contributed by atoms with Gasteiger partial charge in [0, 0.05) is 17.6 Å². The van der Waals surface area contributed by atoms with Gasteiger partial charge in [-0.15, -0.1) is 11.3 Å². The van der Waals surface area contributed by atoms with Crippen LogP contribution < -0.4 is 0 Å². The summed E-state index contributed by atoms with van der Waals surface area (Å²) in [7, 11) is 1.37. The molecule has 0 fully saturated rings. The van der Waals surface area contributed by atoms with E-state index >= 15 is 0 Å². The van der Waals surface area contributed by atoms with E-state index in [9.17, 15) is 4.79 Å². The van der Waals surface area contributed by atoms with E-state index in [-0.39, 0.29) is 0 Å². The summed E-state index contributed by atoms with van der Waals surface area (Å²) in [6.07, 6.45) is 0. The van der Waals surface area contributed by atoms with Crippen LogP contribution in [0.25, 0.3) is 10.2 Å². The van der Waals surface area contributed by atoms with Gasteiger partial charge in [0.25, 0.3) is 0 Å². The molecule has 0 atom stereocenters. The van der Waals surface area contributed by atoms with Gasteiger partial charge in [0.05, 0.1) is 24.2 Å². The van der Waals surface area contributed by atoms with Crippen molar-refractivity contribution in [2.24, 2.45) is 9.98 Å². The highest BCUT2D eigenvalue weighted by atomic mass is 32.1. The molecule has 2 aromatic rings. The number of carbonyl (C=O) groups is 1. The molecular formula is C16H16N4O2S. The van der Waals surface area contributed by atoms with Gasteiger partial charge in [-0.2, -0.15) is 0 Å². The fourth-order valence-electron chi connectivity index (χ4n) is 3.04. The van der Waals surface area contributed by atoms with Crippen LogP contribution in [0.5, 0.6) is 0 Å². The van der Waals surface area contributed by atoms with Gasteiger partial charge in [-0.25, -0.2) is 14.8 Å². The maximum absolute atomic E-state index is 12.1. The smallest absolute Gasteiger partial charge is 0.374 e. The fraction of sp³-hybridized carbons (Fsp3) is 0.375. The Balaban J connectivity index is 2.07. The Bertz CT molecular complexity index is 926. The summed E-state index contributed by atoms with van der Waals surface area (Å²) in [6.45, 7) is 7.47. The van der Waals surface area contributed by atoms with Crippen molar-refractivity contribution >= 4 is 44.9 Å². The van der Waals surface area contributed by atoms with Crippen molar-refractivity contribution in [3.8, 4) is 0 Å². The molecule has 0 amide bonds. The SMILES string of the molecule is COC(=O)C1=Nc2c(sc3nc(C)c(C)c(C)c23)C2=NCCN12. The van der Waals surface area contributed by atoms with E-state index in [0.717, 1.165) is 43.4 Å². The second-order valence-electron chi connectivity index (χ2n) is 5.69. The maximum atomic E-state index is 12.1. The van der Waals surface area contributed by atoms with E-state index in [1.165, 1.54) is 7.11 Å². The highest BCUT2D eigenvalue weighted by Gasteiger charge is 2.36. The molecule has 2 aromatic heterocycles. The van der Waals surface area contributed by atoms with Gasteiger partial charge in [-0.05, 0) is 31.9 Å². The molecule has 0 N–H and O–H groups in total. The number of methoxy groups -OCH3 is 1. The Morgan fingerprint density at radius 1 is 1.26 bits per heavy atom. The zero-order chi connectivity index (χ0) is 16.3. The molecule has 2 aliphatic rings. The van der Waals surface area contributed by atoms with Crippen LogP contribution in [-0.2, 0) is 9.53 Å². The Morgan fingerprint density at radius 3 is 2.78 bits per heavy atom. The number of ether oxygens (including phenoxy) is 1. The van der Waals surface area contributed by atoms with Crippen LogP contribution in [0.4, 0.5) is 5.69 Å². The zero-order valence-electron chi connectivity index (χ0n) is 13.4. The molecule has 0 spiro atoms. The molecule has 0 bridgehead atoms. The number of nitrogens with zero attached hydrogens (tertiary/aromatic N) is 4. The third kappa shape index (κ3) is 1.86. The van der Waals surface area contributed by atoms with Gasteiger partial charge in [0.2, 0.25) is 5.84 Å². The van der Waals surface area contributed by atoms with Gasteiger partial charge in [0.15, 0.2) is 0 Å². The lowest BCUT2D eigenvalue weighted by Crippen LogP contribution is -2.41. The first-order chi connectivity index (χ1) is 11.0. The molecule has 23 heavy (non-hydrogen) atoms. The van der Waals surface area contributed by atoms with Gasteiger partial charge < -0.3 is 9.64 Å². The van der Waals surface area contributed by atoms with E-state index in [2.05, 4.69) is 23.8 Å². The number of aliphatic imine (C=N–C) groups is 2. The number of aromatic nitrogens is 1. The second-order valence-corrected chi connectivity index (χ2v) is 6.69. The van der Waals surface area contributed by atoms with E-state index in [4.69, 9.17) is 9.72 Å². The number of hydrogen-bond acceptors (Lipinski definition) is 7. The first kappa shape index (κ1) is 14.3. The van der Waals surface area contributed by atoms with Crippen LogP contribution in [0.2, 0.25) is 0 Å². The molecule has 0 radical (unpaired) electrons. The highest BCUT2D eigenvalue weighted by molar-refractivity contribution is 7.21. The van der Waals surface area contributed by atoms with Gasteiger partial charge in [0.1, 0.15) is 10.7 Å². The van der Waals surface area contributed by atoms with Gasteiger partial charge in [-0.1, -0.05) is 0 Å². The lowest BCUT2D eigenvalue weighted by molar-refractivity contribution is -0.133. The molecule has 0 saturated heterocycles. The van der Waals surface area contributed by atoms with E-state index in [1.54, 1.807) is 11.3 Å². The molecule has 6 nitrogen and oxygen atoms in total. The average Bonchev–Trinajstić information content (AvgIpc) is 3.14. The van der Waals surface area contributed by atoms with Crippen LogP contribution in [0.15, 0.2) is 9.98 Å². The summed E-state index contributed by atoms with van der Waals surface area (Å²) >= 11 is 1.59. The summed E-state index contributed by atoms with van der Waals surface area (Å²) in [6, 6.07) is 0. The van der Waals surface area contributed by atoms with Crippen molar-refractivity contribution in [2.75, 3.05) is 20.2 Å². The number of thiophene rings is 1. The van der Waals surface area contributed by atoms with Crippen LogP contribution in [-0.4, -0.2) is 47.7 Å².